The van der Waals surface area contributed by atoms with Crippen molar-refractivity contribution < 1.29 is 0 Å². The van der Waals surface area contributed by atoms with Gasteiger partial charge in [-0.15, -0.1) is 0 Å². The van der Waals surface area contributed by atoms with Crippen LogP contribution in [0.25, 0.3) is 0 Å². The second-order valence-electron chi connectivity index (χ2n) is 5.48. The summed E-state index contributed by atoms with van der Waals surface area (Å²) in [4.78, 5) is 16.5. The molecule has 1 aromatic heterocycles. The first-order valence-electron chi connectivity index (χ1n) is 7.58. The zero-order chi connectivity index (χ0) is 13.7. The van der Waals surface area contributed by atoms with Gasteiger partial charge in [0.15, 0.2) is 5.82 Å². The van der Waals surface area contributed by atoms with Crippen molar-refractivity contribution in [3.05, 3.63) is 22.7 Å². The molecule has 1 heterocycles. The molecule has 0 radical (unpaired) electrons. The number of aromatic nitrogens is 2. The van der Waals surface area contributed by atoms with Gasteiger partial charge in [-0.3, -0.25) is 4.79 Å². The van der Waals surface area contributed by atoms with Crippen molar-refractivity contribution in [3.63, 3.8) is 0 Å². The van der Waals surface area contributed by atoms with Crippen LogP contribution in [0.3, 0.4) is 0 Å². The lowest BCUT2D eigenvalue weighted by Crippen LogP contribution is -2.35. The summed E-state index contributed by atoms with van der Waals surface area (Å²) in [6, 6.07) is 0.413. The maximum Gasteiger partial charge on any atom is 0.293 e. The van der Waals surface area contributed by atoms with E-state index in [-0.39, 0.29) is 5.56 Å². The fraction of sp³-hybridized carbons (Fsp3) is 0.733. The van der Waals surface area contributed by atoms with Crippen molar-refractivity contribution in [2.24, 2.45) is 5.92 Å². The van der Waals surface area contributed by atoms with Crippen LogP contribution in [0.1, 0.15) is 52.4 Å². The van der Waals surface area contributed by atoms with Crippen LogP contribution in [0.2, 0.25) is 0 Å². The minimum atomic E-state index is 0.0183. The van der Waals surface area contributed by atoms with Gasteiger partial charge in [0.05, 0.1) is 0 Å². The van der Waals surface area contributed by atoms with Crippen LogP contribution in [0, 0.1) is 5.92 Å². The number of hydrogen-bond acceptors (Lipinski definition) is 3. The molecule has 0 saturated heterocycles. The summed E-state index contributed by atoms with van der Waals surface area (Å²) in [7, 11) is 0. The number of anilines is 1. The molecule has 0 aliphatic heterocycles. The van der Waals surface area contributed by atoms with Gasteiger partial charge in [-0.2, -0.15) is 0 Å². The van der Waals surface area contributed by atoms with Gasteiger partial charge in [-0.1, -0.05) is 33.1 Å². The topological polar surface area (TPSA) is 46.9 Å². The van der Waals surface area contributed by atoms with E-state index in [4.69, 9.17) is 0 Å². The molecule has 1 fully saturated rings. The van der Waals surface area contributed by atoms with E-state index in [1.54, 1.807) is 17.0 Å². The van der Waals surface area contributed by atoms with E-state index in [1.807, 2.05) is 0 Å². The lowest BCUT2D eigenvalue weighted by atomic mass is 9.83. The van der Waals surface area contributed by atoms with Crippen LogP contribution in [0.15, 0.2) is 17.2 Å². The first-order valence-corrected chi connectivity index (χ1v) is 7.58. The number of aryl methyl sites for hydroxylation is 1. The highest BCUT2D eigenvalue weighted by Crippen LogP contribution is 2.28. The summed E-state index contributed by atoms with van der Waals surface area (Å²) in [5, 5.41) is 3.40. The molecule has 1 aliphatic rings. The second kappa shape index (κ2) is 6.73. The summed E-state index contributed by atoms with van der Waals surface area (Å²) >= 11 is 0. The van der Waals surface area contributed by atoms with Gasteiger partial charge in [0.2, 0.25) is 0 Å². The standard InChI is InChI=1S/C15H25N3O/c1-3-10-18-11-9-16-14(15(18)19)17-13-8-6-5-7-12(13)4-2/h9,11-13H,3-8,10H2,1-2H3,(H,16,17). The van der Waals surface area contributed by atoms with Gasteiger partial charge in [0.25, 0.3) is 5.56 Å². The Morgan fingerprint density at radius 2 is 2.16 bits per heavy atom. The molecule has 2 unspecified atom stereocenters. The lowest BCUT2D eigenvalue weighted by Gasteiger charge is -2.31. The van der Waals surface area contributed by atoms with Crippen molar-refractivity contribution >= 4 is 5.82 Å². The molecule has 1 saturated carbocycles. The molecule has 0 aromatic carbocycles. The average molecular weight is 263 g/mol. The predicted octanol–water partition coefficient (Wildman–Crippen LogP) is 3.03. The van der Waals surface area contributed by atoms with Gasteiger partial charge in [0.1, 0.15) is 0 Å². The molecular formula is C15H25N3O. The van der Waals surface area contributed by atoms with E-state index >= 15 is 0 Å². The highest BCUT2D eigenvalue weighted by atomic mass is 16.1. The Balaban J connectivity index is 2.13. The molecule has 0 bridgehead atoms. The van der Waals surface area contributed by atoms with Crippen LogP contribution in [-0.4, -0.2) is 15.6 Å². The molecule has 1 aromatic rings. The zero-order valence-electron chi connectivity index (χ0n) is 12.1. The smallest absolute Gasteiger partial charge is 0.293 e. The van der Waals surface area contributed by atoms with Crippen molar-refractivity contribution in [2.45, 2.75) is 65.0 Å². The lowest BCUT2D eigenvalue weighted by molar-refractivity contribution is 0.316. The number of hydrogen-bond donors (Lipinski definition) is 1. The summed E-state index contributed by atoms with van der Waals surface area (Å²) < 4.78 is 1.75. The largest absolute Gasteiger partial charge is 0.362 e. The van der Waals surface area contributed by atoms with E-state index in [9.17, 15) is 4.79 Å². The van der Waals surface area contributed by atoms with Crippen LogP contribution >= 0.6 is 0 Å². The fourth-order valence-electron chi connectivity index (χ4n) is 3.03. The third-order valence-electron chi connectivity index (χ3n) is 4.13. The molecule has 2 atom stereocenters. The van der Waals surface area contributed by atoms with Crippen LogP contribution in [0.4, 0.5) is 5.82 Å². The van der Waals surface area contributed by atoms with Crippen molar-refractivity contribution in [2.75, 3.05) is 5.32 Å². The predicted molar refractivity (Wildman–Crippen MR) is 78.4 cm³/mol. The molecule has 4 nitrogen and oxygen atoms in total. The van der Waals surface area contributed by atoms with Crippen molar-refractivity contribution in [1.82, 2.24) is 9.55 Å². The Hall–Kier alpha value is -1.32. The maximum absolute atomic E-state index is 12.3. The van der Waals surface area contributed by atoms with Crippen LogP contribution < -0.4 is 10.9 Å². The van der Waals surface area contributed by atoms with Crippen LogP contribution in [-0.2, 0) is 6.54 Å². The Morgan fingerprint density at radius 1 is 1.37 bits per heavy atom. The van der Waals surface area contributed by atoms with E-state index < -0.39 is 0 Å². The fourth-order valence-corrected chi connectivity index (χ4v) is 3.03. The van der Waals surface area contributed by atoms with Gasteiger partial charge in [-0.05, 0) is 25.2 Å². The summed E-state index contributed by atoms with van der Waals surface area (Å²) in [6.45, 7) is 5.07. The third-order valence-corrected chi connectivity index (χ3v) is 4.13. The first-order chi connectivity index (χ1) is 9.26. The maximum atomic E-state index is 12.3. The monoisotopic (exact) mass is 263 g/mol. The van der Waals surface area contributed by atoms with Gasteiger partial charge in [-0.25, -0.2) is 4.98 Å². The van der Waals surface area contributed by atoms with Crippen molar-refractivity contribution in [1.29, 1.82) is 0 Å². The van der Waals surface area contributed by atoms with E-state index in [2.05, 4.69) is 24.1 Å². The normalized spacial score (nSPS) is 23.3. The Morgan fingerprint density at radius 3 is 2.89 bits per heavy atom. The quantitative estimate of drug-likeness (QED) is 0.888. The molecule has 1 N–H and O–H groups in total. The van der Waals surface area contributed by atoms with E-state index in [0.29, 0.717) is 17.8 Å². The SMILES string of the molecule is CCCn1ccnc(NC2CCCCC2CC)c1=O. The Bertz CT molecular complexity index is 455. The minimum absolute atomic E-state index is 0.0183. The molecule has 4 heteroatoms. The number of nitrogens with one attached hydrogen (secondary N) is 1. The molecule has 106 valence electrons. The molecule has 0 spiro atoms. The van der Waals surface area contributed by atoms with Gasteiger partial charge >= 0.3 is 0 Å². The minimum Gasteiger partial charge on any atom is -0.362 e. The van der Waals surface area contributed by atoms with Crippen molar-refractivity contribution in [3.8, 4) is 0 Å². The van der Waals surface area contributed by atoms with Gasteiger partial charge < -0.3 is 9.88 Å². The van der Waals surface area contributed by atoms with E-state index in [1.165, 1.54) is 25.7 Å². The van der Waals surface area contributed by atoms with E-state index in [0.717, 1.165) is 19.4 Å². The molecule has 0 amide bonds. The first kappa shape index (κ1) is 14.1. The molecule has 2 rings (SSSR count). The summed E-state index contributed by atoms with van der Waals surface area (Å²) in [5.41, 5.74) is 0.0183. The average Bonchev–Trinajstić information content (AvgIpc) is 2.44. The summed E-state index contributed by atoms with van der Waals surface area (Å²) in [6.07, 6.45) is 10.6. The number of nitrogens with zero attached hydrogens (tertiary/aromatic N) is 2. The molecule has 1 aliphatic carbocycles. The zero-order valence-corrected chi connectivity index (χ0v) is 12.1. The number of rotatable bonds is 5. The Kier molecular flexibility index (Phi) is 5.00. The second-order valence-corrected chi connectivity index (χ2v) is 5.48. The highest BCUT2D eigenvalue weighted by molar-refractivity contribution is 5.32. The molecular weight excluding hydrogens is 238 g/mol. The van der Waals surface area contributed by atoms with Gasteiger partial charge in [0, 0.05) is 25.0 Å². The Labute approximate surface area is 115 Å². The van der Waals surface area contributed by atoms with Crippen LogP contribution in [0.5, 0.6) is 0 Å². The molecule has 19 heavy (non-hydrogen) atoms. The summed E-state index contributed by atoms with van der Waals surface area (Å²) in [5.74, 6) is 1.20. The third kappa shape index (κ3) is 3.37. The highest BCUT2D eigenvalue weighted by Gasteiger charge is 2.24.